The highest BCUT2D eigenvalue weighted by Crippen LogP contribution is 2.16. The highest BCUT2D eigenvalue weighted by atomic mass is 127. The Kier molecular flexibility index (Phi) is 4.38. The van der Waals surface area contributed by atoms with Gasteiger partial charge in [0.05, 0.1) is 5.56 Å². The van der Waals surface area contributed by atoms with E-state index in [-0.39, 0.29) is 0 Å². The van der Waals surface area contributed by atoms with Gasteiger partial charge in [-0.3, -0.25) is 0 Å². The SMILES string of the molecule is CCCCc1ccc(C(=O)O)cc1I. The molecule has 1 N–H and O–H groups in total. The van der Waals surface area contributed by atoms with Gasteiger partial charge in [0, 0.05) is 3.57 Å². The first kappa shape index (κ1) is 11.5. The molecule has 0 aliphatic heterocycles. The van der Waals surface area contributed by atoms with Crippen molar-refractivity contribution in [3.63, 3.8) is 0 Å². The van der Waals surface area contributed by atoms with E-state index in [0.29, 0.717) is 5.56 Å². The molecular weight excluding hydrogens is 291 g/mol. The van der Waals surface area contributed by atoms with Crippen molar-refractivity contribution in [1.82, 2.24) is 0 Å². The van der Waals surface area contributed by atoms with Crippen molar-refractivity contribution in [2.45, 2.75) is 26.2 Å². The summed E-state index contributed by atoms with van der Waals surface area (Å²) in [6.45, 7) is 2.15. The van der Waals surface area contributed by atoms with Gasteiger partial charge in [0.15, 0.2) is 0 Å². The summed E-state index contributed by atoms with van der Waals surface area (Å²) in [7, 11) is 0. The van der Waals surface area contributed by atoms with Gasteiger partial charge in [0.2, 0.25) is 0 Å². The highest BCUT2D eigenvalue weighted by molar-refractivity contribution is 14.1. The monoisotopic (exact) mass is 304 g/mol. The lowest BCUT2D eigenvalue weighted by Gasteiger charge is -2.04. The number of hydrogen-bond donors (Lipinski definition) is 1. The summed E-state index contributed by atoms with van der Waals surface area (Å²) in [5.41, 5.74) is 1.62. The summed E-state index contributed by atoms with van der Waals surface area (Å²) in [6.07, 6.45) is 3.36. The molecule has 76 valence electrons. The molecule has 0 spiro atoms. The topological polar surface area (TPSA) is 37.3 Å². The van der Waals surface area contributed by atoms with Crippen LogP contribution in [0.5, 0.6) is 0 Å². The molecule has 1 rings (SSSR count). The van der Waals surface area contributed by atoms with Crippen LogP contribution in [-0.4, -0.2) is 11.1 Å². The third-order valence-electron chi connectivity index (χ3n) is 2.10. The van der Waals surface area contributed by atoms with Crippen LogP contribution in [0.25, 0.3) is 0 Å². The molecule has 0 amide bonds. The van der Waals surface area contributed by atoms with E-state index in [1.165, 1.54) is 5.56 Å². The Morgan fingerprint density at radius 3 is 2.71 bits per heavy atom. The minimum atomic E-state index is -0.857. The van der Waals surface area contributed by atoms with Gasteiger partial charge in [-0.2, -0.15) is 0 Å². The van der Waals surface area contributed by atoms with Gasteiger partial charge < -0.3 is 5.11 Å². The lowest BCUT2D eigenvalue weighted by atomic mass is 10.1. The number of carboxylic acid groups (broad SMARTS) is 1. The minimum Gasteiger partial charge on any atom is -0.478 e. The van der Waals surface area contributed by atoms with Gasteiger partial charge >= 0.3 is 5.97 Å². The molecule has 0 radical (unpaired) electrons. The first-order valence-corrected chi connectivity index (χ1v) is 5.74. The van der Waals surface area contributed by atoms with Crippen LogP contribution in [-0.2, 0) is 6.42 Å². The molecule has 1 aromatic rings. The first-order valence-electron chi connectivity index (χ1n) is 4.67. The van der Waals surface area contributed by atoms with Crippen LogP contribution < -0.4 is 0 Å². The van der Waals surface area contributed by atoms with Crippen molar-refractivity contribution in [2.75, 3.05) is 0 Å². The van der Waals surface area contributed by atoms with Crippen molar-refractivity contribution in [3.8, 4) is 0 Å². The predicted molar refractivity (Wildman–Crippen MR) is 64.7 cm³/mol. The number of rotatable bonds is 4. The van der Waals surface area contributed by atoms with E-state index in [2.05, 4.69) is 29.5 Å². The lowest BCUT2D eigenvalue weighted by Crippen LogP contribution is -1.98. The molecule has 0 aromatic heterocycles. The summed E-state index contributed by atoms with van der Waals surface area (Å²) in [4.78, 5) is 10.7. The third kappa shape index (κ3) is 2.97. The van der Waals surface area contributed by atoms with E-state index < -0.39 is 5.97 Å². The van der Waals surface area contributed by atoms with E-state index in [9.17, 15) is 4.79 Å². The van der Waals surface area contributed by atoms with Crippen LogP contribution in [0.3, 0.4) is 0 Å². The Morgan fingerprint density at radius 2 is 2.21 bits per heavy atom. The molecule has 0 saturated heterocycles. The number of benzene rings is 1. The molecule has 0 fully saturated rings. The molecule has 0 aliphatic rings. The van der Waals surface area contributed by atoms with Gasteiger partial charge in [-0.15, -0.1) is 0 Å². The summed E-state index contributed by atoms with van der Waals surface area (Å²) in [5.74, 6) is -0.857. The van der Waals surface area contributed by atoms with Crippen molar-refractivity contribution in [2.24, 2.45) is 0 Å². The molecule has 0 saturated carbocycles. The van der Waals surface area contributed by atoms with Crippen LogP contribution in [0.1, 0.15) is 35.7 Å². The number of halogens is 1. The zero-order valence-corrected chi connectivity index (χ0v) is 10.2. The average Bonchev–Trinajstić information content (AvgIpc) is 2.15. The molecule has 0 bridgehead atoms. The summed E-state index contributed by atoms with van der Waals surface area (Å²) < 4.78 is 1.05. The Hall–Kier alpha value is -0.580. The maximum Gasteiger partial charge on any atom is 0.335 e. The van der Waals surface area contributed by atoms with Crippen LogP contribution >= 0.6 is 22.6 Å². The molecule has 1 aromatic carbocycles. The number of carboxylic acids is 1. The standard InChI is InChI=1S/C11H13IO2/c1-2-3-4-8-5-6-9(11(13)14)7-10(8)12/h5-7H,2-4H2,1H3,(H,13,14). The second kappa shape index (κ2) is 5.34. The van der Waals surface area contributed by atoms with Crippen LogP contribution in [0.4, 0.5) is 0 Å². The number of unbranched alkanes of at least 4 members (excludes halogenated alkanes) is 1. The first-order chi connectivity index (χ1) is 6.65. The average molecular weight is 304 g/mol. The minimum absolute atomic E-state index is 0.370. The van der Waals surface area contributed by atoms with E-state index in [4.69, 9.17) is 5.11 Å². The van der Waals surface area contributed by atoms with E-state index in [1.54, 1.807) is 12.1 Å². The van der Waals surface area contributed by atoms with Gasteiger partial charge in [0.1, 0.15) is 0 Å². The summed E-state index contributed by atoms with van der Waals surface area (Å²) in [5, 5.41) is 8.77. The number of hydrogen-bond acceptors (Lipinski definition) is 1. The Labute approximate surface area is 97.5 Å². The normalized spacial score (nSPS) is 10.1. The van der Waals surface area contributed by atoms with Crippen molar-refractivity contribution in [1.29, 1.82) is 0 Å². The summed E-state index contributed by atoms with van der Waals surface area (Å²) in [6, 6.07) is 5.32. The molecule has 0 aliphatic carbocycles. The Balaban J connectivity index is 2.84. The zero-order chi connectivity index (χ0) is 10.6. The maximum atomic E-state index is 10.7. The fraction of sp³-hybridized carbons (Fsp3) is 0.364. The fourth-order valence-electron chi connectivity index (χ4n) is 1.25. The van der Waals surface area contributed by atoms with Gasteiger partial charge in [-0.05, 0) is 53.1 Å². The molecular formula is C11H13IO2. The molecule has 14 heavy (non-hydrogen) atoms. The largest absolute Gasteiger partial charge is 0.478 e. The molecule has 0 heterocycles. The van der Waals surface area contributed by atoms with Gasteiger partial charge in [-0.25, -0.2) is 4.79 Å². The summed E-state index contributed by atoms with van der Waals surface area (Å²) >= 11 is 2.20. The van der Waals surface area contributed by atoms with Crippen LogP contribution in [0.15, 0.2) is 18.2 Å². The fourth-order valence-corrected chi connectivity index (χ4v) is 2.04. The van der Waals surface area contributed by atoms with Crippen molar-refractivity contribution >= 4 is 28.6 Å². The number of aromatic carboxylic acids is 1. The molecule has 0 unspecified atom stereocenters. The second-order valence-corrected chi connectivity index (χ2v) is 4.38. The zero-order valence-electron chi connectivity index (χ0n) is 8.09. The highest BCUT2D eigenvalue weighted by Gasteiger charge is 2.05. The van der Waals surface area contributed by atoms with Crippen LogP contribution in [0.2, 0.25) is 0 Å². The van der Waals surface area contributed by atoms with Gasteiger partial charge in [-0.1, -0.05) is 19.4 Å². The molecule has 3 heteroatoms. The van der Waals surface area contributed by atoms with Crippen molar-refractivity contribution in [3.05, 3.63) is 32.9 Å². The van der Waals surface area contributed by atoms with E-state index >= 15 is 0 Å². The Morgan fingerprint density at radius 1 is 1.50 bits per heavy atom. The number of aryl methyl sites for hydroxylation is 1. The Bertz CT molecular complexity index is 334. The molecule has 0 atom stereocenters. The van der Waals surface area contributed by atoms with E-state index in [0.717, 1.165) is 22.8 Å². The van der Waals surface area contributed by atoms with Crippen LogP contribution in [0, 0.1) is 3.57 Å². The van der Waals surface area contributed by atoms with Crippen molar-refractivity contribution < 1.29 is 9.90 Å². The maximum absolute atomic E-state index is 10.7. The lowest BCUT2D eigenvalue weighted by molar-refractivity contribution is 0.0697. The predicted octanol–water partition coefficient (Wildman–Crippen LogP) is 3.33. The number of carbonyl (C=O) groups is 1. The second-order valence-electron chi connectivity index (χ2n) is 3.21. The quantitative estimate of drug-likeness (QED) is 0.866. The van der Waals surface area contributed by atoms with E-state index in [1.807, 2.05) is 6.07 Å². The third-order valence-corrected chi connectivity index (χ3v) is 3.10. The van der Waals surface area contributed by atoms with Gasteiger partial charge in [0.25, 0.3) is 0 Å². The smallest absolute Gasteiger partial charge is 0.335 e. The molecule has 2 nitrogen and oxygen atoms in total.